The van der Waals surface area contributed by atoms with Gasteiger partial charge >= 0.3 is 0 Å². The quantitative estimate of drug-likeness (QED) is 0.589. The molecule has 2 aromatic carbocycles. The molecule has 20 heavy (non-hydrogen) atoms. The highest BCUT2D eigenvalue weighted by Crippen LogP contribution is 2.34. The molecule has 0 saturated carbocycles. The van der Waals surface area contributed by atoms with Crippen molar-refractivity contribution in [3.63, 3.8) is 0 Å². The zero-order chi connectivity index (χ0) is 14.4. The number of hydrogen-bond donors (Lipinski definition) is 0. The molecule has 0 saturated heterocycles. The maximum absolute atomic E-state index is 6.00. The van der Waals surface area contributed by atoms with Crippen LogP contribution in [0.4, 0.5) is 0 Å². The summed E-state index contributed by atoms with van der Waals surface area (Å²) in [6.07, 6.45) is 0. The fourth-order valence-corrected chi connectivity index (χ4v) is 2.92. The Hall–Kier alpha value is -1.61. The van der Waals surface area contributed by atoms with Crippen LogP contribution in [0.3, 0.4) is 0 Å². The number of halogens is 1. The van der Waals surface area contributed by atoms with Crippen LogP contribution in [0.5, 0.6) is 0 Å². The molecule has 102 valence electrons. The largest absolute Gasteiger partial charge is 0.435 e. The van der Waals surface area contributed by atoms with Crippen molar-refractivity contribution in [1.82, 2.24) is 4.98 Å². The van der Waals surface area contributed by atoms with Crippen molar-refractivity contribution in [2.24, 2.45) is 0 Å². The van der Waals surface area contributed by atoms with E-state index in [0.717, 1.165) is 21.1 Å². The Morgan fingerprint density at radius 2 is 1.75 bits per heavy atom. The van der Waals surface area contributed by atoms with Gasteiger partial charge in [0.05, 0.1) is 4.47 Å². The fourth-order valence-electron chi connectivity index (χ4n) is 2.33. The molecular weight excluding hydrogens is 314 g/mol. The number of oxazole rings is 1. The molecule has 0 N–H and O–H groups in total. The van der Waals surface area contributed by atoms with Crippen LogP contribution in [0.2, 0.25) is 0 Å². The Labute approximate surface area is 127 Å². The molecule has 0 fully saturated rings. The van der Waals surface area contributed by atoms with Gasteiger partial charge < -0.3 is 4.42 Å². The molecule has 2 nitrogen and oxygen atoms in total. The van der Waals surface area contributed by atoms with E-state index in [4.69, 9.17) is 4.42 Å². The Balaban J connectivity index is 2.28. The molecule has 0 amide bonds. The van der Waals surface area contributed by atoms with E-state index in [9.17, 15) is 0 Å². The van der Waals surface area contributed by atoms with Gasteiger partial charge in [-0.2, -0.15) is 0 Å². The Kier molecular flexibility index (Phi) is 3.17. The van der Waals surface area contributed by atoms with Crippen molar-refractivity contribution < 1.29 is 4.42 Å². The molecule has 0 bridgehead atoms. The number of aryl methyl sites for hydroxylation is 3. The van der Waals surface area contributed by atoms with E-state index >= 15 is 0 Å². The van der Waals surface area contributed by atoms with Crippen LogP contribution in [-0.4, -0.2) is 4.98 Å². The zero-order valence-electron chi connectivity index (χ0n) is 12.0. The van der Waals surface area contributed by atoms with Crippen LogP contribution in [0.15, 0.2) is 33.2 Å². The van der Waals surface area contributed by atoms with E-state index in [1.165, 1.54) is 22.3 Å². The lowest BCUT2D eigenvalue weighted by atomic mass is 10.1. The molecule has 1 aromatic heterocycles. The summed E-state index contributed by atoms with van der Waals surface area (Å²) in [6.45, 7) is 8.33. The Morgan fingerprint density at radius 1 is 1.00 bits per heavy atom. The van der Waals surface area contributed by atoms with Crippen LogP contribution in [-0.2, 0) is 0 Å². The highest BCUT2D eigenvalue weighted by Gasteiger charge is 2.15. The second kappa shape index (κ2) is 4.74. The molecule has 1 heterocycles. The predicted octanol–water partition coefficient (Wildman–Crippen LogP) is 5.49. The summed E-state index contributed by atoms with van der Waals surface area (Å²) in [4.78, 5) is 4.65. The maximum Gasteiger partial charge on any atom is 0.227 e. The summed E-state index contributed by atoms with van der Waals surface area (Å²) >= 11 is 3.62. The molecule has 0 atom stereocenters. The first-order chi connectivity index (χ1) is 9.47. The summed E-state index contributed by atoms with van der Waals surface area (Å²) < 4.78 is 7.00. The van der Waals surface area contributed by atoms with Gasteiger partial charge in [-0.1, -0.05) is 17.7 Å². The molecule has 0 unspecified atom stereocenters. The monoisotopic (exact) mass is 329 g/mol. The van der Waals surface area contributed by atoms with Gasteiger partial charge in [0.15, 0.2) is 5.58 Å². The van der Waals surface area contributed by atoms with Crippen molar-refractivity contribution in [1.29, 1.82) is 0 Å². The first kappa shape index (κ1) is 13.4. The number of benzene rings is 2. The second-order valence-electron chi connectivity index (χ2n) is 5.32. The smallest absolute Gasteiger partial charge is 0.227 e. The molecule has 0 aliphatic rings. The summed E-state index contributed by atoms with van der Waals surface area (Å²) in [5.74, 6) is 0.687. The van der Waals surface area contributed by atoms with Crippen LogP contribution in [0.25, 0.3) is 22.6 Å². The predicted molar refractivity (Wildman–Crippen MR) is 86.1 cm³/mol. The molecule has 3 aromatic rings. The summed E-state index contributed by atoms with van der Waals surface area (Å²) in [5, 5.41) is 0. The van der Waals surface area contributed by atoms with E-state index in [2.05, 4.69) is 72.9 Å². The third-order valence-electron chi connectivity index (χ3n) is 3.75. The van der Waals surface area contributed by atoms with Crippen LogP contribution >= 0.6 is 15.9 Å². The normalized spacial score (nSPS) is 11.2. The van der Waals surface area contributed by atoms with Gasteiger partial charge in [0, 0.05) is 5.56 Å². The Bertz CT molecular complexity index is 817. The topological polar surface area (TPSA) is 26.0 Å². The third kappa shape index (κ3) is 2.06. The van der Waals surface area contributed by atoms with E-state index in [1.807, 2.05) is 0 Å². The van der Waals surface area contributed by atoms with Gasteiger partial charge in [-0.05, 0) is 72.4 Å². The third-order valence-corrected chi connectivity index (χ3v) is 4.71. The SMILES string of the molecule is Cc1ccc(C)c(-c2nc3cc(C)c(C)c(Br)c3o2)c1. The lowest BCUT2D eigenvalue weighted by Gasteiger charge is -2.02. The minimum absolute atomic E-state index is 0.687. The minimum Gasteiger partial charge on any atom is -0.435 e. The average Bonchev–Trinajstić information content (AvgIpc) is 2.83. The number of nitrogens with zero attached hydrogens (tertiary/aromatic N) is 1. The molecule has 0 aliphatic carbocycles. The number of hydrogen-bond acceptors (Lipinski definition) is 2. The van der Waals surface area contributed by atoms with Crippen LogP contribution < -0.4 is 0 Å². The van der Waals surface area contributed by atoms with E-state index < -0.39 is 0 Å². The zero-order valence-corrected chi connectivity index (χ0v) is 13.6. The Morgan fingerprint density at radius 3 is 2.50 bits per heavy atom. The summed E-state index contributed by atoms with van der Waals surface area (Å²) in [6, 6.07) is 8.40. The van der Waals surface area contributed by atoms with Gasteiger partial charge in [0.1, 0.15) is 5.52 Å². The molecule has 0 aliphatic heterocycles. The number of fused-ring (bicyclic) bond motifs is 1. The van der Waals surface area contributed by atoms with Gasteiger partial charge in [0.2, 0.25) is 5.89 Å². The van der Waals surface area contributed by atoms with Gasteiger partial charge in [-0.3, -0.25) is 0 Å². The molecular formula is C17H16BrNO. The van der Waals surface area contributed by atoms with Crippen LogP contribution in [0.1, 0.15) is 22.3 Å². The number of rotatable bonds is 1. The lowest BCUT2D eigenvalue weighted by molar-refractivity contribution is 0.617. The molecule has 0 spiro atoms. The van der Waals surface area contributed by atoms with E-state index in [1.54, 1.807) is 0 Å². The first-order valence-corrected chi connectivity index (χ1v) is 7.40. The second-order valence-corrected chi connectivity index (χ2v) is 6.11. The van der Waals surface area contributed by atoms with Gasteiger partial charge in [-0.15, -0.1) is 0 Å². The van der Waals surface area contributed by atoms with Crippen molar-refractivity contribution in [2.75, 3.05) is 0 Å². The first-order valence-electron chi connectivity index (χ1n) is 6.61. The van der Waals surface area contributed by atoms with E-state index in [0.29, 0.717) is 5.89 Å². The van der Waals surface area contributed by atoms with Crippen molar-refractivity contribution >= 4 is 27.0 Å². The minimum atomic E-state index is 0.687. The molecule has 0 radical (unpaired) electrons. The van der Waals surface area contributed by atoms with Gasteiger partial charge in [-0.25, -0.2) is 4.98 Å². The molecule has 3 heteroatoms. The lowest BCUT2D eigenvalue weighted by Crippen LogP contribution is -1.84. The van der Waals surface area contributed by atoms with Gasteiger partial charge in [0.25, 0.3) is 0 Å². The number of aromatic nitrogens is 1. The molecule has 3 rings (SSSR count). The summed E-state index contributed by atoms with van der Waals surface area (Å²) in [7, 11) is 0. The van der Waals surface area contributed by atoms with Crippen molar-refractivity contribution in [3.8, 4) is 11.5 Å². The van der Waals surface area contributed by atoms with Crippen molar-refractivity contribution in [3.05, 3.63) is 51.0 Å². The van der Waals surface area contributed by atoms with E-state index in [-0.39, 0.29) is 0 Å². The standard InChI is InChI=1S/C17H16BrNO/c1-9-5-6-10(2)13(7-9)17-19-14-8-11(3)12(4)15(18)16(14)20-17/h5-8H,1-4H3. The summed E-state index contributed by atoms with van der Waals surface area (Å²) in [5.41, 5.74) is 7.57. The van der Waals surface area contributed by atoms with Crippen molar-refractivity contribution in [2.45, 2.75) is 27.7 Å². The van der Waals surface area contributed by atoms with Crippen LogP contribution in [0, 0.1) is 27.7 Å². The maximum atomic E-state index is 6.00. The fraction of sp³-hybridized carbons (Fsp3) is 0.235. The average molecular weight is 330 g/mol. The highest BCUT2D eigenvalue weighted by atomic mass is 79.9. The highest BCUT2D eigenvalue weighted by molar-refractivity contribution is 9.10.